The van der Waals surface area contributed by atoms with E-state index in [9.17, 15) is 9.59 Å². The molecule has 9 heteroatoms. The van der Waals surface area contributed by atoms with E-state index in [-0.39, 0.29) is 24.1 Å². The molecule has 0 atom stereocenters. The van der Waals surface area contributed by atoms with Crippen LogP contribution in [0, 0.1) is 13.8 Å². The van der Waals surface area contributed by atoms with E-state index < -0.39 is 0 Å². The van der Waals surface area contributed by atoms with Crippen LogP contribution in [-0.2, 0) is 16.1 Å². The number of aromatic nitrogens is 3. The first-order valence-electron chi connectivity index (χ1n) is 11.3. The zero-order valence-corrected chi connectivity index (χ0v) is 21.8. The lowest BCUT2D eigenvalue weighted by Gasteiger charge is -2.23. The quantitative estimate of drug-likeness (QED) is 0.297. The van der Waals surface area contributed by atoms with Crippen LogP contribution in [0.3, 0.4) is 0 Å². The molecule has 0 spiro atoms. The van der Waals surface area contributed by atoms with Gasteiger partial charge in [0.2, 0.25) is 11.8 Å². The summed E-state index contributed by atoms with van der Waals surface area (Å²) in [4.78, 5) is 27.0. The normalized spacial score (nSPS) is 10.8. The second-order valence-electron chi connectivity index (χ2n) is 8.31. The van der Waals surface area contributed by atoms with Gasteiger partial charge in [0.05, 0.1) is 12.3 Å². The molecule has 0 aliphatic heterocycles. The van der Waals surface area contributed by atoms with Gasteiger partial charge in [-0.05, 0) is 67.4 Å². The predicted octanol–water partition coefficient (Wildman–Crippen LogP) is 5.82. The Hall–Kier alpha value is -3.62. The average Bonchev–Trinajstić information content (AvgIpc) is 3.27. The summed E-state index contributed by atoms with van der Waals surface area (Å²) in [5, 5.41) is 12.8. The highest BCUT2D eigenvalue weighted by atomic mass is 35.5. The minimum Gasteiger partial charge on any atom is -0.325 e. The van der Waals surface area contributed by atoms with Crippen LogP contribution in [-0.4, -0.2) is 32.3 Å². The Balaban J connectivity index is 1.60. The van der Waals surface area contributed by atoms with Crippen molar-refractivity contribution in [3.05, 3.63) is 94.8 Å². The summed E-state index contributed by atoms with van der Waals surface area (Å²) >= 11 is 7.20. The Morgan fingerprint density at radius 2 is 1.72 bits per heavy atom. The van der Waals surface area contributed by atoms with Crippen LogP contribution in [0.1, 0.15) is 23.9 Å². The summed E-state index contributed by atoms with van der Waals surface area (Å²) in [7, 11) is 0. The Kier molecular flexibility index (Phi) is 8.07. The van der Waals surface area contributed by atoms with Gasteiger partial charge >= 0.3 is 0 Å². The number of thioether (sulfide) groups is 1. The summed E-state index contributed by atoms with van der Waals surface area (Å²) in [5.74, 6) is 0.467. The van der Waals surface area contributed by atoms with Gasteiger partial charge < -0.3 is 10.2 Å². The van der Waals surface area contributed by atoms with E-state index in [2.05, 4.69) is 15.5 Å². The van der Waals surface area contributed by atoms with Crippen LogP contribution >= 0.6 is 23.4 Å². The van der Waals surface area contributed by atoms with Crippen molar-refractivity contribution >= 4 is 46.6 Å². The van der Waals surface area contributed by atoms with Gasteiger partial charge in [-0.25, -0.2) is 0 Å². The molecule has 36 heavy (non-hydrogen) atoms. The van der Waals surface area contributed by atoms with Crippen molar-refractivity contribution in [2.75, 3.05) is 16.0 Å². The van der Waals surface area contributed by atoms with Gasteiger partial charge in [-0.1, -0.05) is 53.7 Å². The highest BCUT2D eigenvalue weighted by molar-refractivity contribution is 7.99. The molecular weight excluding hydrogens is 494 g/mol. The maximum Gasteiger partial charge on any atom is 0.234 e. The van der Waals surface area contributed by atoms with Crippen molar-refractivity contribution in [1.29, 1.82) is 0 Å². The molecule has 4 rings (SSSR count). The second kappa shape index (κ2) is 11.4. The summed E-state index contributed by atoms with van der Waals surface area (Å²) in [6, 6.07) is 22.6. The number of hydrogen-bond acceptors (Lipinski definition) is 5. The van der Waals surface area contributed by atoms with E-state index in [0.717, 1.165) is 22.5 Å². The molecule has 0 saturated carbocycles. The van der Waals surface area contributed by atoms with E-state index in [1.54, 1.807) is 36.1 Å². The summed E-state index contributed by atoms with van der Waals surface area (Å²) < 4.78 is 1.89. The molecular formula is C27H26ClN5O2S. The van der Waals surface area contributed by atoms with E-state index in [0.29, 0.717) is 21.7 Å². The summed E-state index contributed by atoms with van der Waals surface area (Å²) in [6.07, 6.45) is 0. The molecule has 0 unspecified atom stereocenters. The number of nitrogens with one attached hydrogen (secondary N) is 1. The fraction of sp³-hybridized carbons (Fsp3) is 0.185. The number of carbonyl (C=O) groups excluding carboxylic acids is 2. The third-order valence-corrected chi connectivity index (χ3v) is 6.69. The number of benzene rings is 3. The lowest BCUT2D eigenvalue weighted by molar-refractivity contribution is -0.116. The van der Waals surface area contributed by atoms with Gasteiger partial charge in [-0.15, -0.1) is 10.2 Å². The van der Waals surface area contributed by atoms with Gasteiger partial charge in [0.1, 0.15) is 0 Å². The molecule has 184 valence electrons. The first-order valence-corrected chi connectivity index (χ1v) is 12.7. The number of rotatable bonds is 8. The predicted molar refractivity (Wildman–Crippen MR) is 145 cm³/mol. The fourth-order valence-corrected chi connectivity index (χ4v) is 4.61. The summed E-state index contributed by atoms with van der Waals surface area (Å²) in [5.41, 5.74) is 4.41. The SMILES string of the molecule is CC(=O)N(Cc1nnc(SCC(=O)Nc2ccc(Cl)cc2)n1-c1ccccc1)c1cc(C)ccc1C. The van der Waals surface area contributed by atoms with Crippen LogP contribution in [0.15, 0.2) is 78.0 Å². The number of aryl methyl sites for hydroxylation is 2. The number of amides is 2. The molecule has 1 heterocycles. The second-order valence-corrected chi connectivity index (χ2v) is 9.69. The lowest BCUT2D eigenvalue weighted by Crippen LogP contribution is -2.30. The largest absolute Gasteiger partial charge is 0.325 e. The lowest BCUT2D eigenvalue weighted by atomic mass is 10.1. The molecule has 0 fully saturated rings. The van der Waals surface area contributed by atoms with Crippen molar-refractivity contribution in [1.82, 2.24) is 14.8 Å². The maximum atomic E-state index is 12.7. The zero-order chi connectivity index (χ0) is 25.7. The number of hydrogen-bond donors (Lipinski definition) is 1. The third kappa shape index (κ3) is 6.13. The molecule has 0 aliphatic carbocycles. The fourth-order valence-electron chi connectivity index (χ4n) is 3.71. The Labute approximate surface area is 219 Å². The topological polar surface area (TPSA) is 80.1 Å². The molecule has 1 N–H and O–H groups in total. The van der Waals surface area contributed by atoms with E-state index in [1.165, 1.54) is 11.8 Å². The highest BCUT2D eigenvalue weighted by Gasteiger charge is 2.21. The molecule has 3 aromatic carbocycles. The van der Waals surface area contributed by atoms with Gasteiger partial charge in [0.15, 0.2) is 11.0 Å². The van der Waals surface area contributed by atoms with Gasteiger partial charge in [0, 0.05) is 29.0 Å². The minimum absolute atomic E-state index is 0.0946. The monoisotopic (exact) mass is 519 g/mol. The Morgan fingerprint density at radius 3 is 2.42 bits per heavy atom. The molecule has 0 radical (unpaired) electrons. The Bertz CT molecular complexity index is 1370. The van der Waals surface area contributed by atoms with Gasteiger partial charge in [-0.2, -0.15) is 0 Å². The van der Waals surface area contributed by atoms with E-state index >= 15 is 0 Å². The first-order chi connectivity index (χ1) is 17.3. The van der Waals surface area contributed by atoms with E-state index in [4.69, 9.17) is 11.6 Å². The minimum atomic E-state index is -0.174. The van der Waals surface area contributed by atoms with Crippen LogP contribution in [0.2, 0.25) is 5.02 Å². The zero-order valence-electron chi connectivity index (χ0n) is 20.2. The Morgan fingerprint density at radius 1 is 1.00 bits per heavy atom. The third-order valence-electron chi connectivity index (χ3n) is 5.51. The molecule has 2 amide bonds. The van der Waals surface area contributed by atoms with Crippen molar-refractivity contribution in [2.24, 2.45) is 0 Å². The van der Waals surface area contributed by atoms with Gasteiger partial charge in [0.25, 0.3) is 0 Å². The smallest absolute Gasteiger partial charge is 0.234 e. The molecule has 1 aromatic heterocycles. The number of nitrogens with zero attached hydrogens (tertiary/aromatic N) is 4. The molecule has 7 nitrogen and oxygen atoms in total. The van der Waals surface area contributed by atoms with Crippen molar-refractivity contribution in [3.63, 3.8) is 0 Å². The molecule has 0 saturated heterocycles. The first kappa shape index (κ1) is 25.5. The highest BCUT2D eigenvalue weighted by Crippen LogP contribution is 2.27. The maximum absolute atomic E-state index is 12.7. The van der Waals surface area contributed by atoms with Crippen molar-refractivity contribution in [3.8, 4) is 5.69 Å². The van der Waals surface area contributed by atoms with Crippen molar-refractivity contribution < 1.29 is 9.59 Å². The van der Waals surface area contributed by atoms with Crippen LogP contribution < -0.4 is 10.2 Å². The van der Waals surface area contributed by atoms with E-state index in [1.807, 2.05) is 66.9 Å². The standard InChI is InChI=1S/C27H26ClN5O2S/c1-18-9-10-19(2)24(15-18)32(20(3)34)16-25-30-31-27(33(25)23-7-5-4-6-8-23)36-17-26(35)29-22-13-11-21(28)12-14-22/h4-15H,16-17H2,1-3H3,(H,29,35). The van der Waals surface area contributed by atoms with Crippen LogP contribution in [0.5, 0.6) is 0 Å². The number of para-hydroxylation sites is 1. The van der Waals surface area contributed by atoms with Crippen LogP contribution in [0.25, 0.3) is 5.69 Å². The van der Waals surface area contributed by atoms with Gasteiger partial charge in [-0.3, -0.25) is 14.2 Å². The molecule has 4 aromatic rings. The average molecular weight is 520 g/mol. The van der Waals surface area contributed by atoms with Crippen LogP contribution in [0.4, 0.5) is 11.4 Å². The molecule has 0 aliphatic rings. The number of anilines is 2. The molecule has 0 bridgehead atoms. The summed E-state index contributed by atoms with van der Waals surface area (Å²) in [6.45, 7) is 5.76. The number of halogens is 1. The van der Waals surface area contributed by atoms with Crippen molar-refractivity contribution in [2.45, 2.75) is 32.5 Å². The number of carbonyl (C=O) groups is 2.